The van der Waals surface area contributed by atoms with Crippen LogP contribution in [-0.4, -0.2) is 25.2 Å². The lowest BCUT2D eigenvalue weighted by atomic mass is 10.1. The molecule has 0 aromatic heterocycles. The quantitative estimate of drug-likeness (QED) is 0.154. The van der Waals surface area contributed by atoms with E-state index in [0.29, 0.717) is 32.3 Å². The highest BCUT2D eigenvalue weighted by Gasteiger charge is 2.05. The van der Waals surface area contributed by atoms with Gasteiger partial charge >= 0.3 is 11.9 Å². The molecule has 0 saturated carbocycles. The first-order valence-corrected chi connectivity index (χ1v) is 11.5. The molecular weight excluding hydrogens is 352 g/mol. The Bertz CT molecular complexity index is 434. The predicted octanol–water partition coefficient (Wildman–Crippen LogP) is 6.36. The molecule has 0 spiro atoms. The average molecular weight is 395 g/mol. The van der Waals surface area contributed by atoms with E-state index in [0.717, 1.165) is 32.1 Å². The van der Waals surface area contributed by atoms with Crippen LogP contribution < -0.4 is 0 Å². The van der Waals surface area contributed by atoms with Crippen molar-refractivity contribution in [2.24, 2.45) is 0 Å². The van der Waals surface area contributed by atoms with Gasteiger partial charge in [0.25, 0.3) is 0 Å². The summed E-state index contributed by atoms with van der Waals surface area (Å²) in [5.74, 6) is 5.58. The number of carbonyl (C=O) groups excluding carboxylic acids is 2. The van der Waals surface area contributed by atoms with Crippen molar-refractivity contribution in [2.75, 3.05) is 13.2 Å². The van der Waals surface area contributed by atoms with Crippen LogP contribution in [0.2, 0.25) is 0 Å². The number of ether oxygens (including phenoxy) is 2. The Kier molecular flexibility index (Phi) is 20.6. The summed E-state index contributed by atoms with van der Waals surface area (Å²) in [5, 5.41) is 0. The van der Waals surface area contributed by atoms with Gasteiger partial charge in [0.05, 0.1) is 6.61 Å². The maximum Gasteiger partial charge on any atom is 0.306 e. The van der Waals surface area contributed by atoms with E-state index < -0.39 is 0 Å². The summed E-state index contributed by atoms with van der Waals surface area (Å²) < 4.78 is 10.2. The number of esters is 2. The van der Waals surface area contributed by atoms with Crippen LogP contribution in [0.1, 0.15) is 117 Å². The van der Waals surface area contributed by atoms with E-state index in [1.807, 2.05) is 0 Å². The maximum absolute atomic E-state index is 11.6. The van der Waals surface area contributed by atoms with Crippen LogP contribution in [0.25, 0.3) is 0 Å². The molecule has 0 unspecified atom stereocenters. The van der Waals surface area contributed by atoms with Gasteiger partial charge in [-0.25, -0.2) is 0 Å². The molecule has 0 N–H and O–H groups in total. The Morgan fingerprint density at radius 3 is 1.79 bits per heavy atom. The van der Waals surface area contributed by atoms with E-state index in [1.165, 1.54) is 44.9 Å². The van der Waals surface area contributed by atoms with Crippen molar-refractivity contribution in [2.45, 2.75) is 117 Å². The molecule has 0 radical (unpaired) electrons. The van der Waals surface area contributed by atoms with Crippen LogP contribution in [0.5, 0.6) is 0 Å². The zero-order valence-corrected chi connectivity index (χ0v) is 18.4. The second-order valence-electron chi connectivity index (χ2n) is 7.37. The van der Waals surface area contributed by atoms with Crippen molar-refractivity contribution in [3.63, 3.8) is 0 Å². The van der Waals surface area contributed by atoms with Gasteiger partial charge in [-0.1, -0.05) is 83.5 Å². The normalized spacial score (nSPS) is 10.2. The Morgan fingerprint density at radius 1 is 0.607 bits per heavy atom. The van der Waals surface area contributed by atoms with Gasteiger partial charge in [0.15, 0.2) is 6.61 Å². The fourth-order valence-electron chi connectivity index (χ4n) is 2.82. The van der Waals surface area contributed by atoms with Crippen molar-refractivity contribution in [3.8, 4) is 11.8 Å². The predicted molar refractivity (Wildman–Crippen MR) is 115 cm³/mol. The first-order chi connectivity index (χ1) is 13.7. The van der Waals surface area contributed by atoms with Gasteiger partial charge in [0.2, 0.25) is 0 Å². The third-order valence-corrected chi connectivity index (χ3v) is 4.61. The molecule has 0 rings (SSSR count). The van der Waals surface area contributed by atoms with Gasteiger partial charge in [0.1, 0.15) is 0 Å². The fraction of sp³-hybridized carbons (Fsp3) is 0.833. The number of hydrogen-bond acceptors (Lipinski definition) is 4. The summed E-state index contributed by atoms with van der Waals surface area (Å²) in [7, 11) is 0. The van der Waals surface area contributed by atoms with Crippen LogP contribution in [0.4, 0.5) is 0 Å². The Labute approximate surface area is 173 Å². The minimum absolute atomic E-state index is 0.170. The van der Waals surface area contributed by atoms with Gasteiger partial charge in [-0.15, -0.1) is 0 Å². The first kappa shape index (κ1) is 26.5. The second-order valence-corrected chi connectivity index (χ2v) is 7.37. The maximum atomic E-state index is 11.6. The van der Waals surface area contributed by atoms with Crippen LogP contribution >= 0.6 is 0 Å². The minimum atomic E-state index is -0.238. The molecule has 162 valence electrons. The summed E-state index contributed by atoms with van der Waals surface area (Å²) >= 11 is 0. The standard InChI is InChI=1S/C24H42O4/c1-3-5-7-8-9-10-11-12-13-14-18-22-28-24(26)20-16-15-19-23(25)27-21-17-6-4-2/h3-13,15-17,19-22H2,1-2H3. The second kappa shape index (κ2) is 21.8. The summed E-state index contributed by atoms with van der Waals surface area (Å²) in [6, 6.07) is 0. The lowest BCUT2D eigenvalue weighted by Gasteiger charge is -2.04. The third-order valence-electron chi connectivity index (χ3n) is 4.61. The lowest BCUT2D eigenvalue weighted by molar-refractivity contribution is -0.145. The SMILES string of the molecule is CCCCCCCCCCC#CCOC(=O)CCCCC(=O)OCCCCC. The van der Waals surface area contributed by atoms with E-state index in [4.69, 9.17) is 9.47 Å². The summed E-state index contributed by atoms with van der Waals surface area (Å²) in [6.07, 6.45) is 16.4. The lowest BCUT2D eigenvalue weighted by Crippen LogP contribution is -2.07. The highest BCUT2D eigenvalue weighted by molar-refractivity contribution is 5.70. The van der Waals surface area contributed by atoms with E-state index in [1.54, 1.807) is 0 Å². The highest BCUT2D eigenvalue weighted by atomic mass is 16.5. The summed E-state index contributed by atoms with van der Waals surface area (Å²) in [4.78, 5) is 23.1. The number of unbranched alkanes of at least 4 members (excludes halogenated alkanes) is 11. The van der Waals surface area contributed by atoms with E-state index in [-0.39, 0.29) is 18.5 Å². The molecular formula is C24H42O4. The molecule has 0 aromatic carbocycles. The fourth-order valence-corrected chi connectivity index (χ4v) is 2.82. The van der Waals surface area contributed by atoms with Crippen molar-refractivity contribution in [1.82, 2.24) is 0 Å². The first-order valence-electron chi connectivity index (χ1n) is 11.5. The van der Waals surface area contributed by atoms with E-state index in [2.05, 4.69) is 25.7 Å². The number of rotatable bonds is 18. The molecule has 0 heterocycles. The number of hydrogen-bond donors (Lipinski definition) is 0. The van der Waals surface area contributed by atoms with Gasteiger partial charge < -0.3 is 9.47 Å². The topological polar surface area (TPSA) is 52.6 Å². The largest absolute Gasteiger partial charge is 0.466 e. The van der Waals surface area contributed by atoms with E-state index >= 15 is 0 Å². The Morgan fingerprint density at radius 2 is 1.14 bits per heavy atom. The van der Waals surface area contributed by atoms with Gasteiger partial charge in [-0.05, 0) is 25.7 Å². The molecule has 0 fully saturated rings. The molecule has 0 bridgehead atoms. The molecule has 0 aliphatic carbocycles. The van der Waals surface area contributed by atoms with Gasteiger partial charge in [0, 0.05) is 19.3 Å². The Balaban J connectivity index is 3.39. The Hall–Kier alpha value is -1.50. The molecule has 0 saturated heterocycles. The smallest absolute Gasteiger partial charge is 0.306 e. The highest BCUT2D eigenvalue weighted by Crippen LogP contribution is 2.09. The van der Waals surface area contributed by atoms with E-state index in [9.17, 15) is 9.59 Å². The van der Waals surface area contributed by atoms with Crippen LogP contribution in [0, 0.1) is 11.8 Å². The van der Waals surface area contributed by atoms with Crippen LogP contribution in [0.15, 0.2) is 0 Å². The van der Waals surface area contributed by atoms with Gasteiger partial charge in [-0.2, -0.15) is 0 Å². The average Bonchev–Trinajstić information content (AvgIpc) is 2.69. The molecule has 0 aliphatic rings. The van der Waals surface area contributed by atoms with Crippen molar-refractivity contribution in [3.05, 3.63) is 0 Å². The third kappa shape index (κ3) is 20.8. The van der Waals surface area contributed by atoms with Crippen molar-refractivity contribution < 1.29 is 19.1 Å². The molecule has 0 atom stereocenters. The zero-order valence-electron chi connectivity index (χ0n) is 18.4. The van der Waals surface area contributed by atoms with Gasteiger partial charge in [-0.3, -0.25) is 9.59 Å². The molecule has 4 heteroatoms. The monoisotopic (exact) mass is 394 g/mol. The zero-order chi connectivity index (χ0) is 20.7. The minimum Gasteiger partial charge on any atom is -0.466 e. The van der Waals surface area contributed by atoms with Crippen LogP contribution in [0.3, 0.4) is 0 Å². The summed E-state index contributed by atoms with van der Waals surface area (Å²) in [6.45, 7) is 5.04. The summed E-state index contributed by atoms with van der Waals surface area (Å²) in [5.41, 5.74) is 0. The van der Waals surface area contributed by atoms with Crippen LogP contribution in [-0.2, 0) is 19.1 Å². The molecule has 0 amide bonds. The molecule has 28 heavy (non-hydrogen) atoms. The van der Waals surface area contributed by atoms with Crippen molar-refractivity contribution in [1.29, 1.82) is 0 Å². The molecule has 0 aromatic rings. The molecule has 4 nitrogen and oxygen atoms in total. The molecule has 0 aliphatic heterocycles. The van der Waals surface area contributed by atoms with Crippen molar-refractivity contribution >= 4 is 11.9 Å². The number of carbonyl (C=O) groups is 2.